The van der Waals surface area contributed by atoms with Crippen LogP contribution in [-0.4, -0.2) is 26.2 Å². The highest BCUT2D eigenvalue weighted by atomic mass is 19.1. The molecule has 0 aromatic heterocycles. The SMILES string of the molecule is C=C(CNC1CC1)CN(C)c1ccc(F)cc1. The van der Waals surface area contributed by atoms with E-state index < -0.39 is 0 Å². The molecular formula is C14H19FN2. The van der Waals surface area contributed by atoms with Crippen LogP contribution in [-0.2, 0) is 0 Å². The molecule has 0 saturated heterocycles. The number of nitrogens with one attached hydrogen (secondary N) is 1. The minimum absolute atomic E-state index is 0.198. The molecule has 1 fully saturated rings. The van der Waals surface area contributed by atoms with Gasteiger partial charge in [0.05, 0.1) is 0 Å². The van der Waals surface area contributed by atoms with Crippen molar-refractivity contribution in [1.82, 2.24) is 5.32 Å². The van der Waals surface area contributed by atoms with Crippen LogP contribution < -0.4 is 10.2 Å². The van der Waals surface area contributed by atoms with E-state index in [-0.39, 0.29) is 5.82 Å². The van der Waals surface area contributed by atoms with Crippen molar-refractivity contribution in [1.29, 1.82) is 0 Å². The van der Waals surface area contributed by atoms with Gasteiger partial charge in [-0.3, -0.25) is 0 Å². The van der Waals surface area contributed by atoms with Gasteiger partial charge in [0.15, 0.2) is 0 Å². The number of halogens is 1. The van der Waals surface area contributed by atoms with E-state index in [9.17, 15) is 4.39 Å². The Hall–Kier alpha value is -1.35. The van der Waals surface area contributed by atoms with Crippen LogP contribution >= 0.6 is 0 Å². The van der Waals surface area contributed by atoms with Crippen molar-refractivity contribution >= 4 is 5.69 Å². The number of rotatable bonds is 6. The van der Waals surface area contributed by atoms with E-state index >= 15 is 0 Å². The van der Waals surface area contributed by atoms with Crippen molar-refractivity contribution in [3.63, 3.8) is 0 Å². The summed E-state index contributed by atoms with van der Waals surface area (Å²) in [7, 11) is 2.00. The van der Waals surface area contributed by atoms with Gasteiger partial charge in [-0.2, -0.15) is 0 Å². The van der Waals surface area contributed by atoms with Gasteiger partial charge in [0.1, 0.15) is 5.82 Å². The molecule has 1 saturated carbocycles. The first-order chi connectivity index (χ1) is 8.15. The summed E-state index contributed by atoms with van der Waals surface area (Å²) in [5.41, 5.74) is 2.17. The normalized spacial score (nSPS) is 14.7. The van der Waals surface area contributed by atoms with E-state index in [4.69, 9.17) is 0 Å². The third kappa shape index (κ3) is 3.86. The highest BCUT2D eigenvalue weighted by Crippen LogP contribution is 2.19. The minimum atomic E-state index is -0.198. The predicted molar refractivity (Wildman–Crippen MR) is 69.8 cm³/mol. The van der Waals surface area contributed by atoms with Crippen LogP contribution in [0, 0.1) is 5.82 Å². The Bertz CT molecular complexity index is 382. The number of hydrogen-bond acceptors (Lipinski definition) is 2. The molecule has 2 nitrogen and oxygen atoms in total. The van der Waals surface area contributed by atoms with Gasteiger partial charge in [0, 0.05) is 31.9 Å². The fraction of sp³-hybridized carbons (Fsp3) is 0.429. The Morgan fingerprint density at radius 1 is 1.41 bits per heavy atom. The Kier molecular flexibility index (Phi) is 3.79. The molecule has 0 amide bonds. The number of likely N-dealkylation sites (N-methyl/N-ethyl adjacent to an activating group) is 1. The molecule has 0 spiro atoms. The largest absolute Gasteiger partial charge is 0.371 e. The summed E-state index contributed by atoms with van der Waals surface area (Å²) >= 11 is 0. The average Bonchev–Trinajstić information content (AvgIpc) is 3.11. The van der Waals surface area contributed by atoms with Crippen LogP contribution in [0.3, 0.4) is 0 Å². The molecule has 1 aliphatic rings. The van der Waals surface area contributed by atoms with Gasteiger partial charge in [-0.05, 0) is 42.7 Å². The molecular weight excluding hydrogens is 215 g/mol. The van der Waals surface area contributed by atoms with Crippen molar-refractivity contribution in [3.05, 3.63) is 42.2 Å². The lowest BCUT2D eigenvalue weighted by Gasteiger charge is -2.20. The standard InChI is InChI=1S/C14H19FN2/c1-11(9-16-13-5-6-13)10-17(2)14-7-3-12(15)4-8-14/h3-4,7-8,13,16H,1,5-6,9-10H2,2H3. The molecule has 2 rings (SSSR count). The zero-order chi connectivity index (χ0) is 12.3. The lowest BCUT2D eigenvalue weighted by molar-refractivity contribution is 0.627. The van der Waals surface area contributed by atoms with E-state index in [1.54, 1.807) is 12.1 Å². The van der Waals surface area contributed by atoms with Crippen molar-refractivity contribution in [2.24, 2.45) is 0 Å². The van der Waals surface area contributed by atoms with Crippen LogP contribution in [0.15, 0.2) is 36.4 Å². The van der Waals surface area contributed by atoms with E-state index in [0.717, 1.165) is 24.4 Å². The molecule has 0 heterocycles. The maximum absolute atomic E-state index is 12.8. The van der Waals surface area contributed by atoms with Crippen LogP contribution in [0.25, 0.3) is 0 Å². The van der Waals surface area contributed by atoms with Gasteiger partial charge in [0.25, 0.3) is 0 Å². The zero-order valence-corrected chi connectivity index (χ0v) is 10.2. The molecule has 1 aromatic carbocycles. The molecule has 3 heteroatoms. The lowest BCUT2D eigenvalue weighted by atomic mass is 10.2. The second-order valence-electron chi connectivity index (χ2n) is 4.74. The van der Waals surface area contributed by atoms with Crippen molar-refractivity contribution in [3.8, 4) is 0 Å². The summed E-state index contributed by atoms with van der Waals surface area (Å²) in [5.74, 6) is -0.198. The molecule has 0 unspecified atom stereocenters. The fourth-order valence-electron chi connectivity index (χ4n) is 1.75. The molecule has 0 atom stereocenters. The second kappa shape index (κ2) is 5.32. The molecule has 0 bridgehead atoms. The van der Waals surface area contributed by atoms with Gasteiger partial charge < -0.3 is 10.2 Å². The zero-order valence-electron chi connectivity index (χ0n) is 10.2. The molecule has 1 aliphatic carbocycles. The maximum Gasteiger partial charge on any atom is 0.123 e. The quantitative estimate of drug-likeness (QED) is 0.761. The predicted octanol–water partition coefficient (Wildman–Crippen LogP) is 2.57. The minimum Gasteiger partial charge on any atom is -0.371 e. The lowest BCUT2D eigenvalue weighted by Crippen LogP contribution is -2.26. The van der Waals surface area contributed by atoms with Gasteiger partial charge in [-0.25, -0.2) is 4.39 Å². The van der Waals surface area contributed by atoms with Gasteiger partial charge in [-0.1, -0.05) is 6.58 Å². The van der Waals surface area contributed by atoms with Crippen molar-refractivity contribution < 1.29 is 4.39 Å². The summed E-state index contributed by atoms with van der Waals surface area (Å²) in [6.45, 7) is 5.73. The Morgan fingerprint density at radius 3 is 2.65 bits per heavy atom. The summed E-state index contributed by atoms with van der Waals surface area (Å²) < 4.78 is 12.8. The van der Waals surface area contributed by atoms with Crippen LogP contribution in [0.1, 0.15) is 12.8 Å². The molecule has 1 aromatic rings. The molecule has 1 N–H and O–H groups in total. The molecule has 0 aliphatic heterocycles. The smallest absolute Gasteiger partial charge is 0.123 e. The first kappa shape index (κ1) is 12.1. The monoisotopic (exact) mass is 234 g/mol. The van der Waals surface area contributed by atoms with E-state index in [1.165, 1.54) is 25.0 Å². The second-order valence-corrected chi connectivity index (χ2v) is 4.74. The van der Waals surface area contributed by atoms with Gasteiger partial charge >= 0.3 is 0 Å². The van der Waals surface area contributed by atoms with Gasteiger partial charge in [-0.15, -0.1) is 0 Å². The summed E-state index contributed by atoms with van der Waals surface area (Å²) in [4.78, 5) is 2.08. The first-order valence-electron chi connectivity index (χ1n) is 6.02. The summed E-state index contributed by atoms with van der Waals surface area (Å²) in [5, 5.41) is 3.44. The van der Waals surface area contributed by atoms with E-state index in [0.29, 0.717) is 6.04 Å². The van der Waals surface area contributed by atoms with E-state index in [2.05, 4.69) is 16.8 Å². The number of benzene rings is 1. The highest BCUT2D eigenvalue weighted by Gasteiger charge is 2.20. The highest BCUT2D eigenvalue weighted by molar-refractivity contribution is 5.46. The Balaban J connectivity index is 1.80. The maximum atomic E-state index is 12.8. The Morgan fingerprint density at radius 2 is 2.06 bits per heavy atom. The molecule has 0 radical (unpaired) electrons. The van der Waals surface area contributed by atoms with Crippen LogP contribution in [0.4, 0.5) is 10.1 Å². The third-order valence-corrected chi connectivity index (χ3v) is 2.95. The van der Waals surface area contributed by atoms with Crippen molar-refractivity contribution in [2.45, 2.75) is 18.9 Å². The molecule has 92 valence electrons. The summed E-state index contributed by atoms with van der Waals surface area (Å²) in [6.07, 6.45) is 2.59. The molecule has 17 heavy (non-hydrogen) atoms. The third-order valence-electron chi connectivity index (χ3n) is 2.95. The summed E-state index contributed by atoms with van der Waals surface area (Å²) in [6, 6.07) is 7.25. The van der Waals surface area contributed by atoms with E-state index in [1.807, 2.05) is 7.05 Å². The first-order valence-corrected chi connectivity index (χ1v) is 6.02. The average molecular weight is 234 g/mol. The fourth-order valence-corrected chi connectivity index (χ4v) is 1.75. The van der Waals surface area contributed by atoms with Gasteiger partial charge in [0.2, 0.25) is 0 Å². The van der Waals surface area contributed by atoms with Crippen molar-refractivity contribution in [2.75, 3.05) is 25.0 Å². The topological polar surface area (TPSA) is 15.3 Å². The van der Waals surface area contributed by atoms with Crippen LogP contribution in [0.5, 0.6) is 0 Å². The number of anilines is 1. The number of hydrogen-bond donors (Lipinski definition) is 1. The number of nitrogens with zero attached hydrogens (tertiary/aromatic N) is 1. The Labute approximate surface area is 102 Å². The van der Waals surface area contributed by atoms with Crippen LogP contribution in [0.2, 0.25) is 0 Å².